The number of hydrogen-bond acceptors (Lipinski definition) is 6. The first-order chi connectivity index (χ1) is 20.0. The third kappa shape index (κ3) is 4.40. The first kappa shape index (κ1) is 25.9. The maximum absolute atomic E-state index is 12.4. The van der Waals surface area contributed by atoms with Gasteiger partial charge < -0.3 is 18.9 Å². The van der Waals surface area contributed by atoms with E-state index >= 15 is 0 Å². The Labute approximate surface area is 237 Å². The van der Waals surface area contributed by atoms with Crippen molar-refractivity contribution in [2.75, 3.05) is 6.61 Å². The van der Waals surface area contributed by atoms with Crippen LogP contribution < -0.4 is 5.56 Å². The zero-order chi connectivity index (χ0) is 28.0. The number of fused-ring (bicyclic) bond motifs is 2. The smallest absolute Gasteiger partial charge is 0.272 e. The van der Waals surface area contributed by atoms with Gasteiger partial charge in [-0.25, -0.2) is 9.50 Å². The Bertz CT molecular complexity index is 1600. The molecular weight excluding hydrogens is 518 g/mol. The lowest BCUT2D eigenvalue weighted by molar-refractivity contribution is -0.196. The minimum atomic E-state index is -0.897. The predicted octanol–water partition coefficient (Wildman–Crippen LogP) is 4.99. The molecule has 2 saturated heterocycles. The number of aromatic nitrogens is 3. The predicted molar refractivity (Wildman–Crippen MR) is 152 cm³/mol. The molecule has 3 aromatic carbocycles. The average Bonchev–Trinajstić information content (AvgIpc) is 3.67. The van der Waals surface area contributed by atoms with Crippen molar-refractivity contribution in [3.05, 3.63) is 142 Å². The van der Waals surface area contributed by atoms with Gasteiger partial charge in [0.05, 0.1) is 6.61 Å². The Balaban J connectivity index is 1.29. The summed E-state index contributed by atoms with van der Waals surface area (Å²) in [5.74, 6) is -0.804. The van der Waals surface area contributed by atoms with Crippen LogP contribution in [0.2, 0.25) is 0 Å². The van der Waals surface area contributed by atoms with Gasteiger partial charge in [0.25, 0.3) is 5.56 Å². The van der Waals surface area contributed by atoms with Crippen LogP contribution in [-0.2, 0) is 24.5 Å². The molecule has 41 heavy (non-hydrogen) atoms. The lowest BCUT2D eigenvalue weighted by Gasteiger charge is -2.37. The van der Waals surface area contributed by atoms with Crippen LogP contribution >= 0.6 is 0 Å². The van der Waals surface area contributed by atoms with E-state index in [2.05, 4.69) is 46.5 Å². The highest BCUT2D eigenvalue weighted by atomic mass is 16.8. The van der Waals surface area contributed by atoms with Crippen LogP contribution in [0.1, 0.15) is 42.2 Å². The zero-order valence-corrected chi connectivity index (χ0v) is 22.8. The van der Waals surface area contributed by atoms with E-state index in [1.54, 1.807) is 6.20 Å². The Morgan fingerprint density at radius 3 is 2.00 bits per heavy atom. The number of H-pyrrole nitrogens is 1. The summed E-state index contributed by atoms with van der Waals surface area (Å²) in [7, 11) is 0. The van der Waals surface area contributed by atoms with Crippen molar-refractivity contribution >= 4 is 5.65 Å². The molecule has 8 nitrogen and oxygen atoms in total. The Morgan fingerprint density at radius 1 is 0.854 bits per heavy atom. The van der Waals surface area contributed by atoms with Gasteiger partial charge in [0.1, 0.15) is 30.0 Å². The van der Waals surface area contributed by atoms with Gasteiger partial charge in [-0.05, 0) is 30.5 Å². The fourth-order valence-corrected chi connectivity index (χ4v) is 6.19. The van der Waals surface area contributed by atoms with Gasteiger partial charge in [-0.15, -0.1) is 0 Å². The first-order valence-electron chi connectivity index (χ1n) is 13.8. The number of rotatable bonds is 7. The quantitative estimate of drug-likeness (QED) is 0.288. The summed E-state index contributed by atoms with van der Waals surface area (Å²) >= 11 is 0. The van der Waals surface area contributed by atoms with Crippen LogP contribution in [0.4, 0.5) is 0 Å². The standard InChI is InChI=1S/C33H31N3O5/c1-32(2)40-29-26(39-28(30(29)41-32)25-20-35-36-27(37)18-19-34-31(25)36)21-38-33(22-12-6-3-7-13-22,23-14-8-4-9-15-23)24-16-10-5-11-17-24/h3-20,26,28-30,35H,21H2,1-2H3/t26-,28+,29-,30+/m1/s1. The zero-order valence-electron chi connectivity index (χ0n) is 22.8. The Morgan fingerprint density at radius 2 is 1.41 bits per heavy atom. The summed E-state index contributed by atoms with van der Waals surface area (Å²) in [5, 5.41) is 3.00. The number of ether oxygens (including phenoxy) is 4. The molecule has 4 heterocycles. The minimum absolute atomic E-state index is 0.196. The van der Waals surface area contributed by atoms with Gasteiger partial charge in [0.15, 0.2) is 11.4 Å². The second-order valence-corrected chi connectivity index (χ2v) is 10.9. The molecule has 2 aromatic heterocycles. The average molecular weight is 550 g/mol. The molecule has 8 heteroatoms. The molecule has 208 valence electrons. The summed E-state index contributed by atoms with van der Waals surface area (Å²) < 4.78 is 27.9. The number of hydrogen-bond donors (Lipinski definition) is 1. The molecule has 7 rings (SSSR count). The molecule has 0 unspecified atom stereocenters. The van der Waals surface area contributed by atoms with Crippen molar-refractivity contribution < 1.29 is 18.9 Å². The second kappa shape index (κ2) is 10.1. The molecule has 2 aliphatic heterocycles. The van der Waals surface area contributed by atoms with E-state index in [1.165, 1.54) is 16.8 Å². The van der Waals surface area contributed by atoms with Crippen molar-refractivity contribution in [1.29, 1.82) is 0 Å². The third-order valence-electron chi connectivity index (χ3n) is 7.91. The van der Waals surface area contributed by atoms with E-state index in [-0.39, 0.29) is 18.3 Å². The SMILES string of the molecule is CC1(C)O[C@@H]2[C@H](O1)[C@@H](COC(c1ccccc1)(c1ccccc1)c1ccccc1)O[C@H]2c1c[nH]n2c(=O)ccnc12. The largest absolute Gasteiger partial charge is 0.362 e. The van der Waals surface area contributed by atoms with Crippen LogP contribution in [0.3, 0.4) is 0 Å². The highest BCUT2D eigenvalue weighted by Gasteiger charge is 2.56. The molecular formula is C33H31N3O5. The fourth-order valence-electron chi connectivity index (χ4n) is 6.19. The molecule has 0 bridgehead atoms. The summed E-state index contributed by atoms with van der Waals surface area (Å²) in [4.78, 5) is 16.8. The number of benzene rings is 3. The fraction of sp³-hybridized carbons (Fsp3) is 0.273. The summed E-state index contributed by atoms with van der Waals surface area (Å²) in [6.07, 6.45) is 1.51. The molecule has 0 amide bonds. The van der Waals surface area contributed by atoms with Crippen LogP contribution in [0, 0.1) is 0 Å². The van der Waals surface area contributed by atoms with E-state index in [1.807, 2.05) is 68.4 Å². The number of aromatic amines is 1. The van der Waals surface area contributed by atoms with Gasteiger partial charge >= 0.3 is 0 Å². The highest BCUT2D eigenvalue weighted by molar-refractivity contribution is 5.49. The Kier molecular flexibility index (Phi) is 6.36. The van der Waals surface area contributed by atoms with Crippen molar-refractivity contribution in [2.45, 2.75) is 49.7 Å². The molecule has 2 fully saturated rings. The van der Waals surface area contributed by atoms with E-state index < -0.39 is 29.7 Å². The van der Waals surface area contributed by atoms with Gasteiger partial charge in [-0.2, -0.15) is 0 Å². The van der Waals surface area contributed by atoms with Gasteiger partial charge in [0.2, 0.25) is 0 Å². The van der Waals surface area contributed by atoms with E-state index in [0.29, 0.717) is 5.65 Å². The summed E-state index contributed by atoms with van der Waals surface area (Å²) in [5.41, 5.74) is 3.17. The maximum atomic E-state index is 12.4. The highest BCUT2D eigenvalue weighted by Crippen LogP contribution is 2.47. The first-order valence-corrected chi connectivity index (χ1v) is 13.8. The third-order valence-corrected chi connectivity index (χ3v) is 7.91. The number of nitrogens with zero attached hydrogens (tertiary/aromatic N) is 2. The number of nitrogens with one attached hydrogen (secondary N) is 1. The van der Waals surface area contributed by atoms with Crippen molar-refractivity contribution in [1.82, 2.24) is 14.6 Å². The van der Waals surface area contributed by atoms with Crippen LogP contribution in [-0.4, -0.2) is 45.3 Å². The van der Waals surface area contributed by atoms with Gasteiger partial charge in [0, 0.05) is 24.0 Å². The molecule has 0 saturated carbocycles. The lowest BCUT2D eigenvalue weighted by Crippen LogP contribution is -2.39. The van der Waals surface area contributed by atoms with Crippen molar-refractivity contribution in [3.63, 3.8) is 0 Å². The minimum Gasteiger partial charge on any atom is -0.362 e. The van der Waals surface area contributed by atoms with Gasteiger partial charge in [-0.3, -0.25) is 9.89 Å². The summed E-state index contributed by atoms with van der Waals surface area (Å²) in [6.45, 7) is 4.03. The lowest BCUT2D eigenvalue weighted by atomic mass is 9.80. The maximum Gasteiger partial charge on any atom is 0.272 e. The molecule has 5 aromatic rings. The van der Waals surface area contributed by atoms with Crippen LogP contribution in [0.5, 0.6) is 0 Å². The van der Waals surface area contributed by atoms with Gasteiger partial charge in [-0.1, -0.05) is 91.0 Å². The molecule has 4 atom stereocenters. The van der Waals surface area contributed by atoms with Crippen LogP contribution in [0.15, 0.2) is 114 Å². The molecule has 0 spiro atoms. The van der Waals surface area contributed by atoms with Crippen molar-refractivity contribution in [3.8, 4) is 0 Å². The topological polar surface area (TPSA) is 87.1 Å². The van der Waals surface area contributed by atoms with E-state index in [0.717, 1.165) is 22.3 Å². The normalized spacial score (nSPS) is 23.6. The second-order valence-electron chi connectivity index (χ2n) is 10.9. The van der Waals surface area contributed by atoms with Crippen molar-refractivity contribution in [2.24, 2.45) is 0 Å². The monoisotopic (exact) mass is 549 g/mol. The molecule has 2 aliphatic rings. The summed E-state index contributed by atoms with van der Waals surface area (Å²) in [6, 6.07) is 32.1. The molecule has 0 aliphatic carbocycles. The van der Waals surface area contributed by atoms with E-state index in [9.17, 15) is 4.79 Å². The van der Waals surface area contributed by atoms with E-state index in [4.69, 9.17) is 18.9 Å². The molecule has 0 radical (unpaired) electrons. The molecule has 1 N–H and O–H groups in total. The van der Waals surface area contributed by atoms with Crippen LogP contribution in [0.25, 0.3) is 5.65 Å². The Hall–Kier alpha value is -4.08.